The van der Waals surface area contributed by atoms with Crippen molar-refractivity contribution < 1.29 is 23.7 Å². The van der Waals surface area contributed by atoms with Gasteiger partial charge in [0.25, 0.3) is 5.56 Å². The Morgan fingerprint density at radius 2 is 1.90 bits per heavy atom. The molecule has 4 aromatic rings. The van der Waals surface area contributed by atoms with Crippen molar-refractivity contribution in [2.45, 2.75) is 13.0 Å². The fourth-order valence-electron chi connectivity index (χ4n) is 4.72. The number of methoxy groups -OCH3 is 1. The van der Waals surface area contributed by atoms with E-state index in [4.69, 9.17) is 23.9 Å². The van der Waals surface area contributed by atoms with Gasteiger partial charge in [0.1, 0.15) is 5.75 Å². The van der Waals surface area contributed by atoms with Crippen molar-refractivity contribution in [3.8, 4) is 17.2 Å². The van der Waals surface area contributed by atoms with Crippen LogP contribution in [0.1, 0.15) is 29.7 Å². The number of benzene rings is 3. The number of nitrogens with zero attached hydrogens (tertiary/aromatic N) is 2. The first kappa shape index (κ1) is 24.7. The lowest BCUT2D eigenvalue weighted by Crippen LogP contribution is -2.40. The second-order valence-corrected chi connectivity index (χ2v) is 9.83. The Labute approximate surface area is 227 Å². The molecule has 1 aromatic heterocycles. The molecule has 8 nitrogen and oxygen atoms in total. The molecule has 6 rings (SSSR count). The highest BCUT2D eigenvalue weighted by Crippen LogP contribution is 2.40. The minimum absolute atomic E-state index is 0.109. The maximum atomic E-state index is 14.0. The van der Waals surface area contributed by atoms with Crippen LogP contribution in [0.25, 0.3) is 11.8 Å². The normalized spacial score (nSPS) is 16.1. The molecule has 0 saturated carbocycles. The highest BCUT2D eigenvalue weighted by molar-refractivity contribution is 7.07. The van der Waals surface area contributed by atoms with Gasteiger partial charge in [-0.2, -0.15) is 0 Å². The number of aromatic nitrogens is 1. The van der Waals surface area contributed by atoms with Crippen LogP contribution in [-0.4, -0.2) is 31.0 Å². The van der Waals surface area contributed by atoms with Gasteiger partial charge in [-0.3, -0.25) is 9.36 Å². The van der Waals surface area contributed by atoms with Crippen molar-refractivity contribution in [2.75, 3.05) is 20.5 Å². The SMILES string of the molecule is CCOC(=O)C1=C(c2ccccc2)N=c2s/c(=C/c3cccc(OC)c3)c(=O)n2[C@@H]1c1ccc2c(c1)OCO2. The number of fused-ring (bicyclic) bond motifs is 2. The molecular weight excluding hydrogens is 516 g/mol. The summed E-state index contributed by atoms with van der Waals surface area (Å²) in [5.74, 6) is 1.30. The van der Waals surface area contributed by atoms with E-state index in [9.17, 15) is 9.59 Å². The van der Waals surface area contributed by atoms with E-state index in [2.05, 4.69) is 0 Å². The maximum Gasteiger partial charge on any atom is 0.338 e. The average molecular weight is 541 g/mol. The van der Waals surface area contributed by atoms with E-state index in [1.54, 1.807) is 36.8 Å². The Morgan fingerprint density at radius 1 is 1.08 bits per heavy atom. The van der Waals surface area contributed by atoms with Crippen LogP contribution in [0, 0.1) is 0 Å². The molecule has 3 aromatic carbocycles. The third-order valence-corrected chi connectivity index (χ3v) is 7.46. The first-order valence-electron chi connectivity index (χ1n) is 12.4. The zero-order valence-electron chi connectivity index (χ0n) is 21.2. The highest BCUT2D eigenvalue weighted by atomic mass is 32.1. The number of hydrogen-bond donors (Lipinski definition) is 0. The van der Waals surface area contributed by atoms with Gasteiger partial charge in [0, 0.05) is 5.56 Å². The van der Waals surface area contributed by atoms with E-state index >= 15 is 0 Å². The van der Waals surface area contributed by atoms with Gasteiger partial charge in [0.2, 0.25) is 6.79 Å². The van der Waals surface area contributed by atoms with Crippen LogP contribution >= 0.6 is 11.3 Å². The number of hydrogen-bond acceptors (Lipinski definition) is 8. The van der Waals surface area contributed by atoms with Gasteiger partial charge in [-0.1, -0.05) is 59.9 Å². The number of esters is 1. The van der Waals surface area contributed by atoms with E-state index in [1.807, 2.05) is 60.7 Å². The molecule has 39 heavy (non-hydrogen) atoms. The number of rotatable bonds is 6. The van der Waals surface area contributed by atoms with Crippen LogP contribution in [0.15, 0.2) is 88.2 Å². The Kier molecular flexibility index (Phi) is 6.50. The molecule has 0 spiro atoms. The van der Waals surface area contributed by atoms with Crippen LogP contribution in [0.4, 0.5) is 0 Å². The van der Waals surface area contributed by atoms with Gasteiger partial charge in [0.05, 0.1) is 35.6 Å². The zero-order valence-corrected chi connectivity index (χ0v) is 22.1. The zero-order chi connectivity index (χ0) is 26.9. The van der Waals surface area contributed by atoms with Gasteiger partial charge in [-0.05, 0) is 48.4 Å². The van der Waals surface area contributed by atoms with Gasteiger partial charge < -0.3 is 18.9 Å². The highest BCUT2D eigenvalue weighted by Gasteiger charge is 2.36. The second-order valence-electron chi connectivity index (χ2n) is 8.82. The van der Waals surface area contributed by atoms with Crippen molar-refractivity contribution in [1.82, 2.24) is 4.57 Å². The molecule has 0 aliphatic carbocycles. The minimum Gasteiger partial charge on any atom is -0.497 e. The predicted octanol–water partition coefficient (Wildman–Crippen LogP) is 3.67. The van der Waals surface area contributed by atoms with Crippen molar-refractivity contribution in [3.05, 3.63) is 115 Å². The molecule has 0 saturated heterocycles. The first-order valence-corrected chi connectivity index (χ1v) is 13.2. The Balaban J connectivity index is 1.64. The summed E-state index contributed by atoms with van der Waals surface area (Å²) in [7, 11) is 1.60. The average Bonchev–Trinajstić information content (AvgIpc) is 3.56. The molecule has 2 aliphatic heterocycles. The van der Waals surface area contributed by atoms with E-state index in [-0.39, 0.29) is 24.5 Å². The molecule has 2 aliphatic rings. The lowest BCUT2D eigenvalue weighted by atomic mass is 9.93. The molecule has 1 atom stereocenters. The van der Waals surface area contributed by atoms with Crippen molar-refractivity contribution in [3.63, 3.8) is 0 Å². The molecule has 196 valence electrons. The van der Waals surface area contributed by atoms with E-state index in [0.29, 0.717) is 37.8 Å². The van der Waals surface area contributed by atoms with Gasteiger partial charge in [-0.25, -0.2) is 9.79 Å². The van der Waals surface area contributed by atoms with Crippen LogP contribution in [0.3, 0.4) is 0 Å². The Morgan fingerprint density at radius 3 is 2.69 bits per heavy atom. The molecule has 0 N–H and O–H groups in total. The largest absolute Gasteiger partial charge is 0.497 e. The fourth-order valence-corrected chi connectivity index (χ4v) is 5.72. The van der Waals surface area contributed by atoms with E-state index in [1.165, 1.54) is 11.3 Å². The number of ether oxygens (including phenoxy) is 4. The summed E-state index contributed by atoms with van der Waals surface area (Å²) >= 11 is 1.26. The third kappa shape index (κ3) is 4.51. The summed E-state index contributed by atoms with van der Waals surface area (Å²) in [4.78, 5) is 32.9. The molecule has 0 radical (unpaired) electrons. The minimum atomic E-state index is -0.794. The maximum absolute atomic E-state index is 14.0. The molecule has 0 bridgehead atoms. The quantitative estimate of drug-likeness (QED) is 0.347. The number of carbonyl (C=O) groups is 1. The van der Waals surface area contributed by atoms with Crippen molar-refractivity contribution in [2.24, 2.45) is 4.99 Å². The Hall–Kier alpha value is -4.63. The summed E-state index contributed by atoms with van der Waals surface area (Å²) in [6.07, 6.45) is 1.80. The predicted molar refractivity (Wildman–Crippen MR) is 147 cm³/mol. The summed E-state index contributed by atoms with van der Waals surface area (Å²) < 4.78 is 24.0. The molecular formula is C30H24N2O6S. The van der Waals surface area contributed by atoms with Crippen LogP contribution in [0.2, 0.25) is 0 Å². The lowest BCUT2D eigenvalue weighted by Gasteiger charge is -2.26. The fraction of sp³-hybridized carbons (Fsp3) is 0.167. The van der Waals surface area contributed by atoms with Crippen LogP contribution in [0.5, 0.6) is 17.2 Å². The summed E-state index contributed by atoms with van der Waals surface area (Å²) in [5.41, 5.74) is 2.72. The van der Waals surface area contributed by atoms with Gasteiger partial charge >= 0.3 is 5.97 Å². The summed E-state index contributed by atoms with van der Waals surface area (Å²) in [6.45, 7) is 2.04. The number of thiazole rings is 1. The third-order valence-electron chi connectivity index (χ3n) is 6.48. The van der Waals surface area contributed by atoms with Crippen molar-refractivity contribution in [1.29, 1.82) is 0 Å². The smallest absolute Gasteiger partial charge is 0.338 e. The molecule has 0 unspecified atom stereocenters. The molecule has 0 fully saturated rings. The summed E-state index contributed by atoms with van der Waals surface area (Å²) in [5, 5.41) is 0. The summed E-state index contributed by atoms with van der Waals surface area (Å²) in [6, 6.07) is 21.5. The van der Waals surface area contributed by atoms with E-state index in [0.717, 1.165) is 11.1 Å². The van der Waals surface area contributed by atoms with Crippen LogP contribution < -0.4 is 29.1 Å². The standard InChI is InChI=1S/C30H24N2O6S/c1-3-36-29(34)25-26(19-9-5-4-6-10-19)31-30-32(27(25)20-12-13-22-23(16-20)38-17-37-22)28(33)24(39-30)15-18-8-7-11-21(14-18)35-2/h4-16,27H,3,17H2,1-2H3/b24-15+/t27-/m1/s1. The first-order chi connectivity index (χ1) is 19.1. The lowest BCUT2D eigenvalue weighted by molar-refractivity contribution is -0.138. The van der Waals surface area contributed by atoms with Gasteiger partial charge in [-0.15, -0.1) is 0 Å². The van der Waals surface area contributed by atoms with E-state index < -0.39 is 12.0 Å². The van der Waals surface area contributed by atoms with Crippen molar-refractivity contribution >= 4 is 29.1 Å². The number of carbonyl (C=O) groups excluding carboxylic acids is 1. The topological polar surface area (TPSA) is 88.4 Å². The monoisotopic (exact) mass is 540 g/mol. The van der Waals surface area contributed by atoms with Crippen LogP contribution in [-0.2, 0) is 9.53 Å². The molecule has 0 amide bonds. The molecule has 9 heteroatoms. The van der Waals surface area contributed by atoms with Gasteiger partial charge in [0.15, 0.2) is 16.3 Å². The second kappa shape index (κ2) is 10.3. The molecule has 3 heterocycles. The Bertz CT molecular complexity index is 1790.